The summed E-state index contributed by atoms with van der Waals surface area (Å²) in [5.74, 6) is 0. The lowest BCUT2D eigenvalue weighted by molar-refractivity contribution is 0.232. The maximum absolute atomic E-state index is 9.78. The van der Waals surface area contributed by atoms with Crippen molar-refractivity contribution < 1.29 is 5.11 Å². The largest absolute Gasteiger partial charge is 0.389 e. The zero-order valence-electron chi connectivity index (χ0n) is 10.9. The lowest BCUT2D eigenvalue weighted by Gasteiger charge is -2.25. The molecular weight excluding hydrogens is 212 g/mol. The fourth-order valence-electron chi connectivity index (χ4n) is 2.07. The van der Waals surface area contributed by atoms with E-state index < -0.39 is 8.07 Å². The van der Waals surface area contributed by atoms with Crippen LogP contribution in [0.5, 0.6) is 0 Å². The van der Waals surface area contributed by atoms with E-state index in [1.54, 1.807) is 0 Å². The molecule has 0 aliphatic rings. The van der Waals surface area contributed by atoms with E-state index in [2.05, 4.69) is 43.9 Å². The lowest BCUT2D eigenvalue weighted by atomic mass is 10.1. The van der Waals surface area contributed by atoms with Crippen molar-refractivity contribution in [3.63, 3.8) is 0 Å². The van der Waals surface area contributed by atoms with E-state index >= 15 is 0 Å². The molecule has 0 saturated carbocycles. The maximum atomic E-state index is 9.78. The molecule has 1 N–H and O–H groups in total. The minimum atomic E-state index is -1.43. The van der Waals surface area contributed by atoms with Crippen LogP contribution in [0.2, 0.25) is 19.6 Å². The molecule has 0 radical (unpaired) electrons. The molecule has 0 aromatic heterocycles. The smallest absolute Gasteiger partial charge is 0.0784 e. The molecule has 0 bridgehead atoms. The maximum Gasteiger partial charge on any atom is 0.0784 e. The second-order valence-electron chi connectivity index (χ2n) is 5.35. The first-order chi connectivity index (χ1) is 7.34. The fourth-order valence-corrected chi connectivity index (χ4v) is 4.49. The first-order valence-corrected chi connectivity index (χ1v) is 9.28. The summed E-state index contributed by atoms with van der Waals surface area (Å²) >= 11 is 0. The Balaban J connectivity index is 3.34. The molecule has 1 rings (SSSR count). The average molecular weight is 234 g/mol. The van der Waals surface area contributed by atoms with Crippen molar-refractivity contribution in [1.29, 1.82) is 0 Å². The van der Waals surface area contributed by atoms with Gasteiger partial charge in [-0.2, -0.15) is 0 Å². The molecule has 2 heteroatoms. The minimum Gasteiger partial charge on any atom is -0.389 e. The van der Waals surface area contributed by atoms with Gasteiger partial charge in [-0.1, -0.05) is 55.2 Å². The van der Waals surface area contributed by atoms with Crippen LogP contribution in [0.25, 0.3) is 5.20 Å². The van der Waals surface area contributed by atoms with Crippen molar-refractivity contribution in [2.75, 3.05) is 0 Å². The van der Waals surface area contributed by atoms with Crippen molar-refractivity contribution in [2.24, 2.45) is 0 Å². The fraction of sp³-hybridized carbons (Fsp3) is 0.429. The molecule has 1 atom stereocenters. The predicted molar refractivity (Wildman–Crippen MR) is 74.1 cm³/mol. The van der Waals surface area contributed by atoms with Gasteiger partial charge in [0.15, 0.2) is 0 Å². The van der Waals surface area contributed by atoms with Gasteiger partial charge in [-0.25, -0.2) is 0 Å². The van der Waals surface area contributed by atoms with E-state index in [1.165, 1.54) is 10.8 Å². The van der Waals surface area contributed by atoms with Gasteiger partial charge in [-0.15, -0.1) is 0 Å². The molecule has 88 valence electrons. The van der Waals surface area contributed by atoms with Crippen LogP contribution in [0.3, 0.4) is 0 Å². The summed E-state index contributed by atoms with van der Waals surface area (Å²) in [7, 11) is -1.43. The Bertz CT molecular complexity index is 371. The van der Waals surface area contributed by atoms with Crippen LogP contribution in [0.4, 0.5) is 0 Å². The van der Waals surface area contributed by atoms with Crippen LogP contribution in [0.1, 0.15) is 19.4 Å². The molecule has 16 heavy (non-hydrogen) atoms. The van der Waals surface area contributed by atoms with E-state index in [9.17, 15) is 5.11 Å². The molecule has 0 aliphatic carbocycles. The SMILES string of the molecule is C/C(=C(\c1ccccc1)[Si](C)(C)C)C(C)O. The van der Waals surface area contributed by atoms with Crippen LogP contribution in [-0.2, 0) is 0 Å². The lowest BCUT2D eigenvalue weighted by Crippen LogP contribution is -2.26. The number of rotatable bonds is 3. The Kier molecular flexibility index (Phi) is 4.11. The summed E-state index contributed by atoms with van der Waals surface area (Å²) in [6.45, 7) is 10.9. The molecule has 1 aromatic rings. The number of hydrogen-bond donors (Lipinski definition) is 1. The first-order valence-electron chi connectivity index (χ1n) is 5.78. The van der Waals surface area contributed by atoms with E-state index in [0.29, 0.717) is 0 Å². The number of aliphatic hydroxyl groups is 1. The highest BCUT2D eigenvalue weighted by Gasteiger charge is 2.24. The van der Waals surface area contributed by atoms with Gasteiger partial charge in [0.1, 0.15) is 0 Å². The standard InChI is InChI=1S/C14H22OSi/c1-11(12(2)15)14(16(3,4)5)13-9-7-6-8-10-13/h6-10,12,15H,1-5H3/b14-11-. The molecule has 0 amide bonds. The molecule has 1 aromatic carbocycles. The minimum absolute atomic E-state index is 0.359. The quantitative estimate of drug-likeness (QED) is 0.790. The third kappa shape index (κ3) is 3.06. The van der Waals surface area contributed by atoms with Gasteiger partial charge in [-0.05, 0) is 25.0 Å². The van der Waals surface area contributed by atoms with Gasteiger partial charge < -0.3 is 5.11 Å². The molecule has 0 saturated heterocycles. The molecule has 1 nitrogen and oxygen atoms in total. The molecular formula is C14H22OSi. The van der Waals surface area contributed by atoms with Crippen molar-refractivity contribution in [1.82, 2.24) is 0 Å². The molecule has 0 fully saturated rings. The number of hydrogen-bond acceptors (Lipinski definition) is 1. The van der Waals surface area contributed by atoms with E-state index in [4.69, 9.17) is 0 Å². The van der Waals surface area contributed by atoms with E-state index in [-0.39, 0.29) is 6.10 Å². The summed E-state index contributed by atoms with van der Waals surface area (Å²) in [6, 6.07) is 10.4. The van der Waals surface area contributed by atoms with Gasteiger partial charge in [0.25, 0.3) is 0 Å². The summed E-state index contributed by atoms with van der Waals surface area (Å²) < 4.78 is 0. The van der Waals surface area contributed by atoms with Crippen molar-refractivity contribution >= 4 is 13.3 Å². The van der Waals surface area contributed by atoms with Crippen LogP contribution in [-0.4, -0.2) is 19.3 Å². The highest BCUT2D eigenvalue weighted by Crippen LogP contribution is 2.30. The normalized spacial score (nSPS) is 15.6. The Morgan fingerprint density at radius 3 is 2.00 bits per heavy atom. The van der Waals surface area contributed by atoms with Gasteiger partial charge in [0.05, 0.1) is 14.2 Å². The molecule has 0 heterocycles. The third-order valence-corrected chi connectivity index (χ3v) is 5.02. The third-order valence-electron chi connectivity index (χ3n) is 2.83. The van der Waals surface area contributed by atoms with E-state index in [0.717, 1.165) is 5.57 Å². The van der Waals surface area contributed by atoms with Gasteiger partial charge in [0.2, 0.25) is 0 Å². The summed E-state index contributed by atoms with van der Waals surface area (Å²) in [5, 5.41) is 11.2. The average Bonchev–Trinajstić information content (AvgIpc) is 2.17. The van der Waals surface area contributed by atoms with Crippen LogP contribution in [0, 0.1) is 0 Å². The summed E-state index contributed by atoms with van der Waals surface area (Å²) in [4.78, 5) is 0. The Hall–Kier alpha value is -0.863. The van der Waals surface area contributed by atoms with E-state index in [1.807, 2.05) is 19.9 Å². The summed E-state index contributed by atoms with van der Waals surface area (Å²) in [6.07, 6.45) is -0.359. The Morgan fingerprint density at radius 2 is 1.62 bits per heavy atom. The zero-order chi connectivity index (χ0) is 12.3. The van der Waals surface area contributed by atoms with Gasteiger partial charge >= 0.3 is 0 Å². The predicted octanol–water partition coefficient (Wildman–Crippen LogP) is 3.72. The van der Waals surface area contributed by atoms with Crippen LogP contribution >= 0.6 is 0 Å². The molecule has 0 spiro atoms. The Morgan fingerprint density at radius 1 is 1.12 bits per heavy atom. The molecule has 0 aliphatic heterocycles. The summed E-state index contributed by atoms with van der Waals surface area (Å²) in [5.41, 5.74) is 2.38. The van der Waals surface area contributed by atoms with Crippen molar-refractivity contribution in [3.8, 4) is 0 Å². The Labute approximate surface area is 99.8 Å². The zero-order valence-corrected chi connectivity index (χ0v) is 11.9. The highest BCUT2D eigenvalue weighted by atomic mass is 28.3. The van der Waals surface area contributed by atoms with Crippen molar-refractivity contribution in [3.05, 3.63) is 41.5 Å². The molecule has 1 unspecified atom stereocenters. The van der Waals surface area contributed by atoms with Gasteiger partial charge in [0, 0.05) is 0 Å². The second-order valence-corrected chi connectivity index (χ2v) is 10.4. The topological polar surface area (TPSA) is 20.2 Å². The highest BCUT2D eigenvalue weighted by molar-refractivity contribution is 6.93. The number of benzene rings is 1. The number of aliphatic hydroxyl groups excluding tert-OH is 1. The monoisotopic (exact) mass is 234 g/mol. The first kappa shape index (κ1) is 13.2. The van der Waals surface area contributed by atoms with Crippen LogP contribution in [0.15, 0.2) is 35.9 Å². The van der Waals surface area contributed by atoms with Crippen molar-refractivity contribution in [2.45, 2.75) is 39.6 Å². The van der Waals surface area contributed by atoms with Crippen LogP contribution < -0.4 is 0 Å². The second kappa shape index (κ2) is 4.98. The van der Waals surface area contributed by atoms with Gasteiger partial charge in [-0.3, -0.25) is 0 Å².